The van der Waals surface area contributed by atoms with Gasteiger partial charge in [0.25, 0.3) is 17.7 Å². The minimum absolute atomic E-state index is 0.0645. The van der Waals surface area contributed by atoms with E-state index in [0.29, 0.717) is 28.2 Å². The van der Waals surface area contributed by atoms with E-state index < -0.39 is 29.7 Å². The molecule has 3 fully saturated rings. The Kier molecular flexibility index (Phi) is 11.3. The van der Waals surface area contributed by atoms with Gasteiger partial charge in [-0.2, -0.15) is 5.26 Å². The molecule has 14 heteroatoms. The number of fused-ring (bicyclic) bond motifs is 1. The molecule has 0 bridgehead atoms. The SMILES string of the molecule is N#CC1=CCC(OC2CCC(NC(=O)c3ccc(N4CCN(CCSc5ccc6c(c5)C(=O)N(C5CCC(=O)NC5=O)C6=O)CC4)cc3)CC2)C=C1Cl. The standard InChI is InChI=1S/C39H41ClN6O6S/c40-33-21-29(8-3-25(33)23-41)52-28-9-4-26(5-10-28)42-36(48)24-1-6-27(7-2-24)45-17-15-44(16-18-45)19-20-53-30-11-12-31-32(22-30)39(51)46(38(31)50)34-13-14-35(47)43-37(34)49/h1-3,6-7,11-12,21-22,26,28-29,34H,4-5,8-10,13-20H2,(H,42,48)(H,43,47,49). The highest BCUT2D eigenvalue weighted by Crippen LogP contribution is 2.32. The van der Waals surface area contributed by atoms with Crippen molar-refractivity contribution in [3.63, 3.8) is 0 Å². The van der Waals surface area contributed by atoms with Crippen LogP contribution in [0.15, 0.2) is 70.1 Å². The number of nitrogens with one attached hydrogen (secondary N) is 2. The smallest absolute Gasteiger partial charge is 0.262 e. The Morgan fingerprint density at radius 3 is 2.40 bits per heavy atom. The number of anilines is 1. The average Bonchev–Trinajstić information content (AvgIpc) is 3.41. The number of allylic oxidation sites excluding steroid dienone is 2. The maximum absolute atomic E-state index is 13.2. The van der Waals surface area contributed by atoms with Gasteiger partial charge in [0.05, 0.1) is 33.9 Å². The number of nitriles is 1. The van der Waals surface area contributed by atoms with Gasteiger partial charge in [-0.3, -0.25) is 39.1 Å². The van der Waals surface area contributed by atoms with E-state index in [0.717, 1.165) is 79.6 Å². The molecule has 3 aliphatic heterocycles. The molecule has 53 heavy (non-hydrogen) atoms. The number of hydrogen-bond acceptors (Lipinski definition) is 10. The van der Waals surface area contributed by atoms with E-state index in [9.17, 15) is 24.0 Å². The lowest BCUT2D eigenvalue weighted by Crippen LogP contribution is -2.54. The van der Waals surface area contributed by atoms with Crippen molar-refractivity contribution >= 4 is 58.6 Å². The quantitative estimate of drug-likeness (QED) is 0.264. The lowest BCUT2D eigenvalue weighted by Gasteiger charge is -2.36. The fraction of sp³-hybridized carbons (Fsp3) is 0.436. The van der Waals surface area contributed by atoms with Gasteiger partial charge in [0.2, 0.25) is 11.8 Å². The van der Waals surface area contributed by atoms with E-state index >= 15 is 0 Å². The number of piperidine rings is 1. The number of imide groups is 2. The molecule has 1 saturated carbocycles. The van der Waals surface area contributed by atoms with Crippen LogP contribution in [-0.4, -0.2) is 102 Å². The molecule has 12 nitrogen and oxygen atoms in total. The summed E-state index contributed by atoms with van der Waals surface area (Å²) in [4.78, 5) is 69.7. The summed E-state index contributed by atoms with van der Waals surface area (Å²) >= 11 is 7.80. The van der Waals surface area contributed by atoms with E-state index in [1.807, 2.05) is 42.5 Å². The molecule has 2 aliphatic carbocycles. The summed E-state index contributed by atoms with van der Waals surface area (Å²) in [5, 5.41) is 15.0. The van der Waals surface area contributed by atoms with Crippen molar-refractivity contribution in [2.75, 3.05) is 43.4 Å². The molecule has 2 saturated heterocycles. The third-order valence-corrected chi connectivity index (χ3v) is 11.9. The zero-order valence-corrected chi connectivity index (χ0v) is 30.8. The van der Waals surface area contributed by atoms with Gasteiger partial charge in [0, 0.05) is 67.1 Å². The van der Waals surface area contributed by atoms with Crippen molar-refractivity contribution < 1.29 is 28.7 Å². The Hall–Kier alpha value is -4.48. The van der Waals surface area contributed by atoms with Crippen molar-refractivity contribution in [2.45, 2.75) is 74.1 Å². The van der Waals surface area contributed by atoms with Crippen LogP contribution in [0.25, 0.3) is 0 Å². The predicted molar refractivity (Wildman–Crippen MR) is 200 cm³/mol. The number of amides is 5. The number of hydrogen-bond donors (Lipinski definition) is 2. The number of thioether (sulfide) groups is 1. The first-order chi connectivity index (χ1) is 25.7. The summed E-state index contributed by atoms with van der Waals surface area (Å²) in [5.74, 6) is -1.26. The highest BCUT2D eigenvalue weighted by Gasteiger charge is 2.44. The molecule has 7 rings (SSSR count). The summed E-state index contributed by atoms with van der Waals surface area (Å²) in [7, 11) is 0. The molecule has 2 unspecified atom stereocenters. The molecule has 2 aromatic rings. The second-order valence-electron chi connectivity index (χ2n) is 14.0. The molecule has 2 atom stereocenters. The molecule has 2 N–H and O–H groups in total. The Morgan fingerprint density at radius 2 is 1.70 bits per heavy atom. The topological polar surface area (TPSA) is 152 Å². The van der Waals surface area contributed by atoms with Gasteiger partial charge in [-0.15, -0.1) is 11.8 Å². The number of nitrogens with zero attached hydrogens (tertiary/aromatic N) is 4. The second kappa shape index (κ2) is 16.3. The fourth-order valence-electron chi connectivity index (χ4n) is 7.59. The minimum Gasteiger partial charge on any atom is -0.371 e. The second-order valence-corrected chi connectivity index (χ2v) is 15.6. The van der Waals surface area contributed by atoms with Gasteiger partial charge >= 0.3 is 0 Å². The third kappa shape index (κ3) is 8.36. The van der Waals surface area contributed by atoms with Gasteiger partial charge in [0.15, 0.2) is 0 Å². The largest absolute Gasteiger partial charge is 0.371 e. The summed E-state index contributed by atoms with van der Waals surface area (Å²) in [5.41, 5.74) is 2.81. The fourth-order valence-corrected chi connectivity index (χ4v) is 8.80. The number of carbonyl (C=O) groups is 5. The zero-order chi connectivity index (χ0) is 37.1. The van der Waals surface area contributed by atoms with Crippen LogP contribution in [-0.2, 0) is 14.3 Å². The first-order valence-corrected chi connectivity index (χ1v) is 19.5. The van der Waals surface area contributed by atoms with Crippen molar-refractivity contribution in [2.24, 2.45) is 0 Å². The van der Waals surface area contributed by atoms with Crippen LogP contribution in [0.5, 0.6) is 0 Å². The van der Waals surface area contributed by atoms with Crippen molar-refractivity contribution in [3.05, 3.63) is 81.9 Å². The average molecular weight is 757 g/mol. The molecule has 0 radical (unpaired) electrons. The van der Waals surface area contributed by atoms with Gasteiger partial charge < -0.3 is 15.0 Å². The van der Waals surface area contributed by atoms with Gasteiger partial charge in [-0.25, -0.2) is 0 Å². The van der Waals surface area contributed by atoms with Crippen molar-refractivity contribution in [1.29, 1.82) is 5.26 Å². The monoisotopic (exact) mass is 756 g/mol. The number of halogens is 1. The van der Waals surface area contributed by atoms with Crippen LogP contribution in [0.3, 0.4) is 0 Å². The van der Waals surface area contributed by atoms with Crippen LogP contribution < -0.4 is 15.5 Å². The molecule has 0 aromatic heterocycles. The van der Waals surface area contributed by atoms with E-state index in [1.165, 1.54) is 0 Å². The maximum atomic E-state index is 13.2. The number of carbonyl (C=O) groups excluding carboxylic acids is 5. The number of rotatable bonds is 10. The summed E-state index contributed by atoms with van der Waals surface area (Å²) < 4.78 is 6.22. The van der Waals surface area contributed by atoms with Gasteiger partial charge in [-0.1, -0.05) is 17.7 Å². The molecular formula is C39H41ClN6O6S. The van der Waals surface area contributed by atoms with Crippen LogP contribution in [0.4, 0.5) is 5.69 Å². The normalized spacial score (nSPS) is 25.0. The number of ether oxygens (including phenoxy) is 1. The number of piperazine rings is 1. The van der Waals surface area contributed by atoms with E-state index in [1.54, 1.807) is 23.9 Å². The summed E-state index contributed by atoms with van der Waals surface area (Å²) in [6, 6.07) is 14.3. The van der Waals surface area contributed by atoms with Gasteiger partial charge in [-0.05, 0) is 87.1 Å². The molecule has 5 amide bonds. The van der Waals surface area contributed by atoms with Crippen molar-refractivity contribution in [3.8, 4) is 6.07 Å². The van der Waals surface area contributed by atoms with Crippen LogP contribution in [0.2, 0.25) is 0 Å². The lowest BCUT2D eigenvalue weighted by molar-refractivity contribution is -0.136. The zero-order valence-electron chi connectivity index (χ0n) is 29.2. The Labute approximate surface area is 317 Å². The van der Waals surface area contributed by atoms with Crippen LogP contribution >= 0.6 is 23.4 Å². The highest BCUT2D eigenvalue weighted by atomic mass is 35.5. The van der Waals surface area contributed by atoms with Gasteiger partial charge in [0.1, 0.15) is 12.1 Å². The summed E-state index contributed by atoms with van der Waals surface area (Å²) in [6.07, 6.45) is 7.90. The third-order valence-electron chi connectivity index (χ3n) is 10.6. The Morgan fingerprint density at radius 1 is 0.962 bits per heavy atom. The first kappa shape index (κ1) is 36.9. The molecular weight excluding hydrogens is 716 g/mol. The molecule has 276 valence electrons. The van der Waals surface area contributed by atoms with Crippen LogP contribution in [0.1, 0.15) is 76.0 Å². The Balaban J connectivity index is 0.815. The first-order valence-electron chi connectivity index (χ1n) is 18.2. The maximum Gasteiger partial charge on any atom is 0.262 e. The molecule has 0 spiro atoms. The highest BCUT2D eigenvalue weighted by molar-refractivity contribution is 7.99. The van der Waals surface area contributed by atoms with E-state index in [4.69, 9.17) is 21.6 Å². The summed E-state index contributed by atoms with van der Waals surface area (Å²) in [6.45, 7) is 4.39. The predicted octanol–water partition coefficient (Wildman–Crippen LogP) is 4.40. The van der Waals surface area contributed by atoms with Crippen molar-refractivity contribution in [1.82, 2.24) is 20.4 Å². The van der Waals surface area contributed by atoms with E-state index in [2.05, 4.69) is 26.5 Å². The van der Waals surface area contributed by atoms with Crippen LogP contribution in [0, 0.1) is 11.3 Å². The minimum atomic E-state index is -0.972. The lowest BCUT2D eigenvalue weighted by atomic mass is 9.92. The Bertz CT molecular complexity index is 1890. The molecule has 2 aromatic carbocycles. The molecule has 3 heterocycles. The number of benzene rings is 2. The van der Waals surface area contributed by atoms with E-state index in [-0.39, 0.29) is 42.6 Å². The molecule has 5 aliphatic rings.